The van der Waals surface area contributed by atoms with Crippen molar-refractivity contribution < 1.29 is 4.39 Å². The van der Waals surface area contributed by atoms with Crippen LogP contribution in [0, 0.1) is 11.9 Å². The third-order valence-corrected chi connectivity index (χ3v) is 2.41. The van der Waals surface area contributed by atoms with Gasteiger partial charge in [0.15, 0.2) is 5.82 Å². The van der Waals surface area contributed by atoms with Gasteiger partial charge in [-0.1, -0.05) is 0 Å². The number of nitrogens with one attached hydrogen (secondary N) is 1. The molecule has 5 nitrogen and oxygen atoms in total. The molecule has 0 aliphatic heterocycles. The second-order valence-corrected chi connectivity index (χ2v) is 3.59. The molecule has 3 rings (SSSR count). The molecule has 1 N–H and O–H groups in total. The van der Waals surface area contributed by atoms with E-state index in [0.29, 0.717) is 17.2 Å². The molecule has 1 radical (unpaired) electrons. The Balaban J connectivity index is 2.03. The molecule has 87 valence electrons. The van der Waals surface area contributed by atoms with E-state index in [4.69, 9.17) is 0 Å². The summed E-state index contributed by atoms with van der Waals surface area (Å²) in [5, 5.41) is 13.4. The predicted octanol–water partition coefficient (Wildman–Crippen LogP) is 1.87. The van der Waals surface area contributed by atoms with Crippen LogP contribution in [0.15, 0.2) is 36.4 Å². The van der Waals surface area contributed by atoms with Crippen LogP contribution in [0.3, 0.4) is 0 Å². The van der Waals surface area contributed by atoms with Crippen LogP contribution in [0.4, 0.5) is 4.39 Å². The summed E-state index contributed by atoms with van der Waals surface area (Å²) in [7, 11) is 0. The third-order valence-electron chi connectivity index (χ3n) is 2.41. The molecule has 0 aliphatic rings. The molecule has 6 heteroatoms. The summed E-state index contributed by atoms with van der Waals surface area (Å²) in [5.74, 6) is 0.188. The molecule has 2 heterocycles. The van der Waals surface area contributed by atoms with Gasteiger partial charge in [-0.2, -0.15) is 0 Å². The highest BCUT2D eigenvalue weighted by Gasteiger charge is 2.06. The van der Waals surface area contributed by atoms with Gasteiger partial charge in [0.2, 0.25) is 0 Å². The van der Waals surface area contributed by atoms with Gasteiger partial charge in [-0.25, -0.2) is 14.5 Å². The smallest absolute Gasteiger partial charge is 0.198 e. The Morgan fingerprint density at radius 1 is 1.06 bits per heavy atom. The molecule has 0 saturated carbocycles. The lowest BCUT2D eigenvalue weighted by Gasteiger charge is -2.02. The van der Waals surface area contributed by atoms with Gasteiger partial charge in [-0.05, 0) is 52.9 Å². The summed E-state index contributed by atoms with van der Waals surface area (Å²) >= 11 is 0. The zero-order valence-electron chi connectivity index (χ0n) is 9.13. The molecule has 18 heavy (non-hydrogen) atoms. The van der Waals surface area contributed by atoms with Crippen LogP contribution in [0.5, 0.6) is 0 Å². The van der Waals surface area contributed by atoms with E-state index >= 15 is 0 Å². The van der Waals surface area contributed by atoms with E-state index < -0.39 is 0 Å². The topological polar surface area (TPSA) is 67.3 Å². The normalized spacial score (nSPS) is 10.5. The van der Waals surface area contributed by atoms with Crippen LogP contribution >= 0.6 is 0 Å². The first-order valence-electron chi connectivity index (χ1n) is 5.21. The standard InChI is InChI=1S/C12H7FN5/c13-9-6-4-8(5-7-9)10-2-1-3-11(14-10)12-15-17-18-16-12/h2-7H,(H,15,16,17,18). The largest absolute Gasteiger partial charge is 0.244 e. The fourth-order valence-corrected chi connectivity index (χ4v) is 1.55. The summed E-state index contributed by atoms with van der Waals surface area (Å²) in [6, 6.07) is 12.5. The molecule has 0 aliphatic carbocycles. The number of hydrogen-bond acceptors (Lipinski definition) is 4. The molecule has 3 aromatic rings. The lowest BCUT2D eigenvalue weighted by Crippen LogP contribution is -1.90. The van der Waals surface area contributed by atoms with Crippen LogP contribution in [-0.4, -0.2) is 25.6 Å². The molecular formula is C12H7FN5. The van der Waals surface area contributed by atoms with Crippen molar-refractivity contribution in [3.05, 3.63) is 48.3 Å². The van der Waals surface area contributed by atoms with Crippen molar-refractivity contribution in [1.29, 1.82) is 0 Å². The summed E-state index contributed by atoms with van der Waals surface area (Å²) in [5.41, 5.74) is 2.08. The van der Waals surface area contributed by atoms with Crippen molar-refractivity contribution in [2.24, 2.45) is 0 Å². The molecule has 0 bridgehead atoms. The first kappa shape index (κ1) is 10.5. The Morgan fingerprint density at radius 2 is 1.83 bits per heavy atom. The first-order chi connectivity index (χ1) is 8.83. The molecule has 0 fully saturated rings. The van der Waals surface area contributed by atoms with Crippen LogP contribution < -0.4 is 0 Å². The number of rotatable bonds is 2. The maximum Gasteiger partial charge on any atom is 0.198 e. The number of aromatic nitrogens is 5. The summed E-state index contributed by atoms with van der Waals surface area (Å²) < 4.78 is 12.8. The molecular weight excluding hydrogens is 233 g/mol. The van der Waals surface area contributed by atoms with Gasteiger partial charge in [-0.15, -0.1) is 5.10 Å². The molecule has 1 aromatic carbocycles. The average molecular weight is 240 g/mol. The lowest BCUT2D eigenvalue weighted by atomic mass is 10.1. The van der Waals surface area contributed by atoms with Gasteiger partial charge >= 0.3 is 0 Å². The number of H-pyrrole nitrogens is 1. The highest BCUT2D eigenvalue weighted by molar-refractivity contribution is 5.62. The van der Waals surface area contributed by atoms with Crippen molar-refractivity contribution in [3.8, 4) is 22.8 Å². The monoisotopic (exact) mass is 240 g/mol. The van der Waals surface area contributed by atoms with E-state index in [9.17, 15) is 4.39 Å². The average Bonchev–Trinajstić information content (AvgIpc) is 2.94. The van der Waals surface area contributed by atoms with Gasteiger partial charge in [0, 0.05) is 5.56 Å². The van der Waals surface area contributed by atoms with E-state index in [0.717, 1.165) is 5.56 Å². The maximum absolute atomic E-state index is 12.8. The SMILES string of the molecule is Fc1ccc(-c2c[c]cc(-c3nnn[nH]3)n2)cc1. The van der Waals surface area contributed by atoms with Gasteiger partial charge in [0.25, 0.3) is 0 Å². The second kappa shape index (κ2) is 4.33. The summed E-state index contributed by atoms with van der Waals surface area (Å²) in [6.45, 7) is 0. The van der Waals surface area contributed by atoms with Crippen LogP contribution in [-0.2, 0) is 0 Å². The summed E-state index contributed by atoms with van der Waals surface area (Å²) in [6.07, 6.45) is 0. The van der Waals surface area contributed by atoms with Crippen molar-refractivity contribution in [3.63, 3.8) is 0 Å². The van der Waals surface area contributed by atoms with Crippen molar-refractivity contribution in [2.45, 2.75) is 0 Å². The Kier molecular flexibility index (Phi) is 2.53. The fourth-order valence-electron chi connectivity index (χ4n) is 1.55. The minimum absolute atomic E-state index is 0.279. The number of hydrogen-bond donors (Lipinski definition) is 1. The number of benzene rings is 1. The van der Waals surface area contributed by atoms with Crippen molar-refractivity contribution in [1.82, 2.24) is 25.6 Å². The number of pyridine rings is 1. The highest BCUT2D eigenvalue weighted by Crippen LogP contribution is 2.20. The van der Waals surface area contributed by atoms with Crippen LogP contribution in [0.2, 0.25) is 0 Å². The van der Waals surface area contributed by atoms with E-state index in [1.54, 1.807) is 24.3 Å². The number of aromatic amines is 1. The Bertz CT molecular complexity index is 648. The van der Waals surface area contributed by atoms with Crippen molar-refractivity contribution in [2.75, 3.05) is 0 Å². The Hall–Kier alpha value is -2.63. The quantitative estimate of drug-likeness (QED) is 0.742. The van der Waals surface area contributed by atoms with Crippen molar-refractivity contribution >= 4 is 0 Å². The van der Waals surface area contributed by atoms with Gasteiger partial charge in [-0.3, -0.25) is 0 Å². The first-order valence-corrected chi connectivity index (χ1v) is 5.21. The van der Waals surface area contributed by atoms with E-state index in [1.165, 1.54) is 12.1 Å². The third kappa shape index (κ3) is 1.95. The molecule has 0 atom stereocenters. The molecule has 0 amide bonds. The molecule has 2 aromatic heterocycles. The fraction of sp³-hybridized carbons (Fsp3) is 0. The maximum atomic E-state index is 12.8. The Morgan fingerprint density at radius 3 is 2.56 bits per heavy atom. The predicted molar refractivity (Wildman–Crippen MR) is 61.6 cm³/mol. The second-order valence-electron chi connectivity index (χ2n) is 3.59. The van der Waals surface area contributed by atoms with E-state index in [-0.39, 0.29) is 5.82 Å². The minimum atomic E-state index is -0.279. The van der Waals surface area contributed by atoms with Crippen LogP contribution in [0.1, 0.15) is 0 Å². The van der Waals surface area contributed by atoms with Gasteiger partial charge in [0.1, 0.15) is 11.5 Å². The molecule has 0 saturated heterocycles. The van der Waals surface area contributed by atoms with Gasteiger partial charge < -0.3 is 0 Å². The van der Waals surface area contributed by atoms with E-state index in [1.807, 2.05) is 0 Å². The molecule has 0 unspecified atom stereocenters. The minimum Gasteiger partial charge on any atom is -0.244 e. The lowest BCUT2D eigenvalue weighted by molar-refractivity contribution is 0.628. The zero-order valence-corrected chi connectivity index (χ0v) is 9.13. The number of halogens is 1. The number of tetrazole rings is 1. The molecule has 0 spiro atoms. The van der Waals surface area contributed by atoms with E-state index in [2.05, 4.69) is 31.7 Å². The van der Waals surface area contributed by atoms with Gasteiger partial charge in [0.05, 0.1) is 5.69 Å². The van der Waals surface area contributed by atoms with Crippen LogP contribution in [0.25, 0.3) is 22.8 Å². The number of nitrogens with zero attached hydrogens (tertiary/aromatic N) is 4. The Labute approximate surface area is 102 Å². The summed E-state index contributed by atoms with van der Waals surface area (Å²) in [4.78, 5) is 4.39. The zero-order chi connectivity index (χ0) is 12.4. The highest BCUT2D eigenvalue weighted by atomic mass is 19.1.